The van der Waals surface area contributed by atoms with Gasteiger partial charge in [0.05, 0.1) is 5.92 Å². The van der Waals surface area contributed by atoms with E-state index in [-0.39, 0.29) is 5.92 Å². The average molecular weight is 341 g/mol. The Hall–Kier alpha value is -1.61. The zero-order valence-corrected chi connectivity index (χ0v) is 15.2. The Morgan fingerprint density at radius 1 is 1.04 bits per heavy atom. The number of carboxylic acid groups (broad SMARTS) is 1. The van der Waals surface area contributed by atoms with Crippen molar-refractivity contribution in [3.63, 3.8) is 0 Å². The molecule has 0 amide bonds. The molecule has 136 valence electrons. The summed E-state index contributed by atoms with van der Waals surface area (Å²) in [4.78, 5) is 13.6. The predicted molar refractivity (Wildman–Crippen MR) is 102 cm³/mol. The van der Waals surface area contributed by atoms with Crippen molar-refractivity contribution in [2.75, 3.05) is 19.6 Å². The maximum absolute atomic E-state index is 11.2. The Morgan fingerprint density at radius 2 is 1.76 bits per heavy atom. The van der Waals surface area contributed by atoms with Gasteiger partial charge in [0.25, 0.3) is 0 Å². The summed E-state index contributed by atoms with van der Waals surface area (Å²) in [5.41, 5.74) is 2.89. The van der Waals surface area contributed by atoms with Gasteiger partial charge in [0, 0.05) is 13.1 Å². The van der Waals surface area contributed by atoms with Crippen molar-refractivity contribution in [1.29, 1.82) is 0 Å². The van der Waals surface area contributed by atoms with Gasteiger partial charge in [-0.3, -0.25) is 4.79 Å². The fourth-order valence-electron chi connectivity index (χ4n) is 4.43. The van der Waals surface area contributed by atoms with Crippen LogP contribution in [0.2, 0.25) is 0 Å². The van der Waals surface area contributed by atoms with Gasteiger partial charge in [-0.05, 0) is 55.7 Å². The molecule has 2 fully saturated rings. The maximum atomic E-state index is 11.2. The summed E-state index contributed by atoms with van der Waals surface area (Å²) in [6.07, 6.45) is 12.0. The monoisotopic (exact) mass is 341 g/mol. The molecule has 0 spiro atoms. The Balaban J connectivity index is 1.63. The lowest BCUT2D eigenvalue weighted by Crippen LogP contribution is -2.39. The molecule has 1 aromatic carbocycles. The molecule has 1 saturated heterocycles. The van der Waals surface area contributed by atoms with Gasteiger partial charge in [0.1, 0.15) is 0 Å². The number of likely N-dealkylation sites (tertiary alicyclic amines) is 1. The first-order chi connectivity index (χ1) is 12.2. The molecule has 25 heavy (non-hydrogen) atoms. The number of hydrogen-bond donors (Lipinski definition) is 1. The quantitative estimate of drug-likeness (QED) is 0.805. The van der Waals surface area contributed by atoms with E-state index in [0.717, 1.165) is 32.4 Å². The van der Waals surface area contributed by atoms with Crippen molar-refractivity contribution in [1.82, 2.24) is 4.90 Å². The van der Waals surface area contributed by atoms with E-state index in [9.17, 15) is 9.90 Å². The molecule has 0 aromatic heterocycles. The number of nitrogens with zero attached hydrogens (tertiary/aromatic N) is 1. The summed E-state index contributed by atoms with van der Waals surface area (Å²) < 4.78 is 0. The lowest BCUT2D eigenvalue weighted by Gasteiger charge is -2.30. The molecule has 1 unspecified atom stereocenters. The van der Waals surface area contributed by atoms with Crippen LogP contribution in [-0.4, -0.2) is 35.6 Å². The second-order valence-electron chi connectivity index (χ2n) is 7.63. The van der Waals surface area contributed by atoms with Crippen LogP contribution in [0.3, 0.4) is 0 Å². The normalized spacial score (nSPS) is 23.5. The Kier molecular flexibility index (Phi) is 6.69. The minimum Gasteiger partial charge on any atom is -0.481 e. The van der Waals surface area contributed by atoms with Crippen LogP contribution in [0.4, 0.5) is 0 Å². The van der Waals surface area contributed by atoms with Gasteiger partial charge in [0.15, 0.2) is 0 Å². The Bertz CT molecular complexity index is 575. The minimum absolute atomic E-state index is 0.176. The molecule has 1 aromatic rings. The second kappa shape index (κ2) is 9.19. The molecule has 3 rings (SSSR count). The number of aliphatic carboxylic acids is 1. The molecule has 1 N–H and O–H groups in total. The van der Waals surface area contributed by atoms with E-state index in [1.165, 1.54) is 43.2 Å². The van der Waals surface area contributed by atoms with E-state index in [1.807, 2.05) is 0 Å². The van der Waals surface area contributed by atoms with E-state index in [2.05, 4.69) is 41.3 Å². The minimum atomic E-state index is -0.632. The summed E-state index contributed by atoms with van der Waals surface area (Å²) in [6, 6.07) is 10.8. The smallest absolute Gasteiger partial charge is 0.307 e. The van der Waals surface area contributed by atoms with Crippen LogP contribution < -0.4 is 0 Å². The van der Waals surface area contributed by atoms with Crippen molar-refractivity contribution < 1.29 is 9.90 Å². The highest BCUT2D eigenvalue weighted by Gasteiger charge is 2.25. The Morgan fingerprint density at radius 3 is 2.48 bits per heavy atom. The van der Waals surface area contributed by atoms with Gasteiger partial charge in [-0.25, -0.2) is 0 Å². The third-order valence-corrected chi connectivity index (χ3v) is 5.82. The number of carboxylic acids is 1. The molecule has 2 aliphatic rings. The van der Waals surface area contributed by atoms with Crippen molar-refractivity contribution in [3.05, 3.63) is 42.0 Å². The van der Waals surface area contributed by atoms with Crippen LogP contribution in [0.15, 0.2) is 36.4 Å². The fraction of sp³-hybridized carbons (Fsp3) is 0.591. The molecule has 0 bridgehead atoms. The SMILES string of the molecule is O=C(O)C1CCCN(CCC=C(c2ccccc2)C2CCCCC2)C1. The molecule has 1 saturated carbocycles. The van der Waals surface area contributed by atoms with Crippen molar-refractivity contribution in [3.8, 4) is 0 Å². The van der Waals surface area contributed by atoms with Crippen molar-refractivity contribution >= 4 is 11.5 Å². The lowest BCUT2D eigenvalue weighted by atomic mass is 9.80. The van der Waals surface area contributed by atoms with Crippen LogP contribution in [0.1, 0.15) is 56.9 Å². The van der Waals surface area contributed by atoms with Crippen LogP contribution >= 0.6 is 0 Å². The third-order valence-electron chi connectivity index (χ3n) is 5.82. The number of piperidine rings is 1. The number of benzene rings is 1. The number of allylic oxidation sites excluding steroid dienone is 1. The van der Waals surface area contributed by atoms with E-state index < -0.39 is 5.97 Å². The molecule has 1 atom stereocenters. The number of rotatable bonds is 6. The summed E-state index contributed by atoms with van der Waals surface area (Å²) in [5.74, 6) is -0.110. The summed E-state index contributed by atoms with van der Waals surface area (Å²) in [6.45, 7) is 2.74. The van der Waals surface area contributed by atoms with Crippen LogP contribution in [-0.2, 0) is 4.79 Å². The second-order valence-corrected chi connectivity index (χ2v) is 7.63. The Labute approximate surface area is 151 Å². The summed E-state index contributed by atoms with van der Waals surface area (Å²) in [7, 11) is 0. The van der Waals surface area contributed by atoms with Crippen LogP contribution in [0.25, 0.3) is 5.57 Å². The number of hydrogen-bond acceptors (Lipinski definition) is 2. The molecule has 3 nitrogen and oxygen atoms in total. The third kappa shape index (κ3) is 5.18. The van der Waals surface area contributed by atoms with Gasteiger partial charge in [-0.15, -0.1) is 0 Å². The summed E-state index contributed by atoms with van der Waals surface area (Å²) in [5, 5.41) is 9.25. The van der Waals surface area contributed by atoms with E-state index in [0.29, 0.717) is 12.5 Å². The molecule has 1 heterocycles. The van der Waals surface area contributed by atoms with Crippen LogP contribution in [0.5, 0.6) is 0 Å². The first-order valence-electron chi connectivity index (χ1n) is 9.94. The predicted octanol–water partition coefficient (Wildman–Crippen LogP) is 4.84. The molecule has 1 aliphatic carbocycles. The largest absolute Gasteiger partial charge is 0.481 e. The zero-order chi connectivity index (χ0) is 17.5. The highest BCUT2D eigenvalue weighted by Crippen LogP contribution is 2.35. The van der Waals surface area contributed by atoms with Gasteiger partial charge >= 0.3 is 5.97 Å². The van der Waals surface area contributed by atoms with Crippen LogP contribution in [0, 0.1) is 11.8 Å². The fourth-order valence-corrected chi connectivity index (χ4v) is 4.43. The molecular weight excluding hydrogens is 310 g/mol. The van der Waals surface area contributed by atoms with E-state index in [4.69, 9.17) is 0 Å². The van der Waals surface area contributed by atoms with Gasteiger partial charge in [-0.1, -0.05) is 55.7 Å². The van der Waals surface area contributed by atoms with Gasteiger partial charge in [-0.2, -0.15) is 0 Å². The highest BCUT2D eigenvalue weighted by atomic mass is 16.4. The molecule has 0 radical (unpaired) electrons. The first-order valence-corrected chi connectivity index (χ1v) is 9.94. The lowest BCUT2D eigenvalue weighted by molar-refractivity contribution is -0.143. The first kappa shape index (κ1) is 18.2. The molecular formula is C22H31NO2. The van der Waals surface area contributed by atoms with Gasteiger partial charge in [0.2, 0.25) is 0 Å². The maximum Gasteiger partial charge on any atom is 0.307 e. The highest BCUT2D eigenvalue weighted by molar-refractivity contribution is 5.70. The summed E-state index contributed by atoms with van der Waals surface area (Å²) >= 11 is 0. The average Bonchev–Trinajstić information content (AvgIpc) is 2.67. The zero-order valence-electron chi connectivity index (χ0n) is 15.2. The standard InChI is InChI=1S/C22H31NO2/c24-22(25)20-13-7-15-23(17-20)16-8-14-21(18-9-3-1-4-10-18)19-11-5-2-6-12-19/h1,3-4,9-10,14,19-20H,2,5-8,11-13,15-17H2,(H,24,25). The number of carbonyl (C=O) groups is 1. The van der Waals surface area contributed by atoms with E-state index in [1.54, 1.807) is 0 Å². The van der Waals surface area contributed by atoms with Crippen molar-refractivity contribution in [2.45, 2.75) is 51.4 Å². The topological polar surface area (TPSA) is 40.5 Å². The van der Waals surface area contributed by atoms with Gasteiger partial charge < -0.3 is 10.0 Å². The molecule has 1 aliphatic heterocycles. The van der Waals surface area contributed by atoms with E-state index >= 15 is 0 Å². The van der Waals surface area contributed by atoms with Crippen molar-refractivity contribution in [2.24, 2.45) is 11.8 Å². The molecule has 3 heteroatoms.